The Balaban J connectivity index is 1.62. The van der Waals surface area contributed by atoms with E-state index >= 15 is 0 Å². The van der Waals surface area contributed by atoms with Crippen LogP contribution >= 0.6 is 0 Å². The molecule has 0 radical (unpaired) electrons. The fraction of sp³-hybridized carbons (Fsp3) is 0.696. The number of ether oxygens (including phenoxy) is 1. The average molecular weight is 390 g/mol. The first-order valence-corrected chi connectivity index (χ1v) is 10.9. The van der Waals surface area contributed by atoms with Crippen molar-refractivity contribution in [2.45, 2.75) is 76.9 Å². The smallest absolute Gasteiger partial charge is 0.255 e. The van der Waals surface area contributed by atoms with E-state index in [0.29, 0.717) is 11.8 Å². The van der Waals surface area contributed by atoms with Gasteiger partial charge >= 0.3 is 0 Å². The molecule has 0 unspecified atom stereocenters. The highest BCUT2D eigenvalue weighted by Gasteiger charge is 2.44. The van der Waals surface area contributed by atoms with Crippen molar-refractivity contribution in [3.05, 3.63) is 29.3 Å². The Morgan fingerprint density at radius 2 is 2.11 bits per heavy atom. The van der Waals surface area contributed by atoms with Gasteiger partial charge in [-0.15, -0.1) is 0 Å². The lowest BCUT2D eigenvalue weighted by atomic mass is 9.73. The molecular formula is C23H35NO4. The second-order valence-corrected chi connectivity index (χ2v) is 8.67. The average Bonchev–Trinajstić information content (AvgIpc) is 2.97. The number of hydrogen-bond acceptors (Lipinski definition) is 4. The molecule has 2 aliphatic rings. The minimum Gasteiger partial charge on any atom is -0.483 e. The number of nitrogens with two attached hydrogens (primary N) is 1. The van der Waals surface area contributed by atoms with Crippen LogP contribution in [0.5, 0.6) is 5.75 Å². The third-order valence-electron chi connectivity index (χ3n) is 6.69. The number of primary amides is 1. The summed E-state index contributed by atoms with van der Waals surface area (Å²) >= 11 is 0. The van der Waals surface area contributed by atoms with E-state index in [1.54, 1.807) is 0 Å². The summed E-state index contributed by atoms with van der Waals surface area (Å²) in [5.74, 6) is 1.42. The van der Waals surface area contributed by atoms with E-state index in [9.17, 15) is 15.0 Å². The van der Waals surface area contributed by atoms with Gasteiger partial charge in [0.1, 0.15) is 5.75 Å². The molecule has 5 nitrogen and oxygen atoms in total. The Labute approximate surface area is 168 Å². The number of carbonyl (C=O) groups excluding carboxylic acids is 1. The molecule has 0 spiro atoms. The molecule has 0 aromatic heterocycles. The fourth-order valence-corrected chi connectivity index (χ4v) is 5.25. The van der Waals surface area contributed by atoms with Gasteiger partial charge in [0, 0.05) is 0 Å². The van der Waals surface area contributed by atoms with Crippen LogP contribution in [0.2, 0.25) is 0 Å². The third kappa shape index (κ3) is 5.06. The van der Waals surface area contributed by atoms with E-state index in [1.807, 2.05) is 12.1 Å². The van der Waals surface area contributed by atoms with Crippen molar-refractivity contribution >= 4 is 5.91 Å². The van der Waals surface area contributed by atoms with Crippen LogP contribution in [0.1, 0.15) is 63.0 Å². The third-order valence-corrected chi connectivity index (χ3v) is 6.69. The standard InChI is InChI=1S/C23H35NO4/c1-2-3-4-7-17(25)9-10-18-19-11-15-6-5-8-22(28-14-23(24)27)20(15)12-16(19)13-21(18)26/h5-6,8,16-19,21,25-26H,2-4,7,9-14H2,1H3,(H2,24,27)/t16-,17-,18+,19-,21+/m0/s1. The van der Waals surface area contributed by atoms with Gasteiger partial charge in [0.05, 0.1) is 12.2 Å². The Morgan fingerprint density at radius 1 is 1.29 bits per heavy atom. The molecular weight excluding hydrogens is 354 g/mol. The molecule has 0 heterocycles. The number of amides is 1. The summed E-state index contributed by atoms with van der Waals surface area (Å²) in [6, 6.07) is 6.00. The summed E-state index contributed by atoms with van der Waals surface area (Å²) in [6.45, 7) is 2.07. The first-order chi connectivity index (χ1) is 13.5. The number of unbranched alkanes of at least 4 members (excludes halogenated alkanes) is 2. The normalized spacial score (nSPS) is 27.1. The number of benzene rings is 1. The Hall–Kier alpha value is -1.59. The molecule has 3 rings (SSSR count). The lowest BCUT2D eigenvalue weighted by Crippen LogP contribution is -2.28. The number of rotatable bonds is 10. The van der Waals surface area contributed by atoms with E-state index in [2.05, 4.69) is 13.0 Å². The van der Waals surface area contributed by atoms with Crippen molar-refractivity contribution < 1.29 is 19.7 Å². The lowest BCUT2D eigenvalue weighted by Gasteiger charge is -2.32. The van der Waals surface area contributed by atoms with Crippen LogP contribution < -0.4 is 10.5 Å². The van der Waals surface area contributed by atoms with Crippen molar-refractivity contribution in [1.82, 2.24) is 0 Å². The van der Waals surface area contributed by atoms with Crippen LogP contribution in [0.25, 0.3) is 0 Å². The second kappa shape index (κ2) is 9.75. The van der Waals surface area contributed by atoms with Gasteiger partial charge in [-0.1, -0.05) is 38.3 Å². The van der Waals surface area contributed by atoms with E-state index in [-0.39, 0.29) is 24.7 Å². The fourth-order valence-electron chi connectivity index (χ4n) is 5.25. The van der Waals surface area contributed by atoms with Gasteiger partial charge < -0.3 is 20.7 Å². The van der Waals surface area contributed by atoms with Gasteiger partial charge in [-0.2, -0.15) is 0 Å². The van der Waals surface area contributed by atoms with Crippen molar-refractivity contribution in [2.24, 2.45) is 23.5 Å². The van der Waals surface area contributed by atoms with Crippen molar-refractivity contribution in [2.75, 3.05) is 6.61 Å². The molecule has 0 bridgehead atoms. The van der Waals surface area contributed by atoms with Gasteiger partial charge in [-0.25, -0.2) is 0 Å². The highest BCUT2D eigenvalue weighted by atomic mass is 16.5. The van der Waals surface area contributed by atoms with Gasteiger partial charge in [0.25, 0.3) is 5.91 Å². The molecule has 1 aromatic carbocycles. The zero-order chi connectivity index (χ0) is 20.1. The molecule has 0 saturated heterocycles. The zero-order valence-electron chi connectivity index (χ0n) is 17.0. The Morgan fingerprint density at radius 3 is 2.86 bits per heavy atom. The Kier molecular flexibility index (Phi) is 7.36. The van der Waals surface area contributed by atoms with Crippen LogP contribution in [0, 0.1) is 17.8 Å². The van der Waals surface area contributed by atoms with E-state index < -0.39 is 5.91 Å². The predicted molar refractivity (Wildman–Crippen MR) is 109 cm³/mol. The topological polar surface area (TPSA) is 92.8 Å². The molecule has 5 atom stereocenters. The number of carbonyl (C=O) groups is 1. The van der Waals surface area contributed by atoms with Crippen LogP contribution in [-0.2, 0) is 17.6 Å². The Bertz CT molecular complexity index is 662. The summed E-state index contributed by atoms with van der Waals surface area (Å²) in [6.07, 6.45) is 8.05. The number of aliphatic hydroxyl groups is 2. The summed E-state index contributed by atoms with van der Waals surface area (Å²) in [7, 11) is 0. The number of hydrogen-bond donors (Lipinski definition) is 3. The van der Waals surface area contributed by atoms with Crippen LogP contribution in [-0.4, -0.2) is 34.9 Å². The molecule has 1 amide bonds. The maximum Gasteiger partial charge on any atom is 0.255 e. The quantitative estimate of drug-likeness (QED) is 0.536. The van der Waals surface area contributed by atoms with Gasteiger partial charge in [0.2, 0.25) is 0 Å². The van der Waals surface area contributed by atoms with E-state index in [0.717, 1.165) is 56.3 Å². The van der Waals surface area contributed by atoms with Crippen molar-refractivity contribution in [3.63, 3.8) is 0 Å². The minimum atomic E-state index is -0.472. The van der Waals surface area contributed by atoms with Crippen molar-refractivity contribution in [3.8, 4) is 5.75 Å². The lowest BCUT2D eigenvalue weighted by molar-refractivity contribution is -0.119. The van der Waals surface area contributed by atoms with Gasteiger partial charge in [-0.05, 0) is 73.5 Å². The number of aliphatic hydroxyl groups excluding tert-OH is 2. The van der Waals surface area contributed by atoms with Gasteiger partial charge in [0.15, 0.2) is 6.61 Å². The summed E-state index contributed by atoms with van der Waals surface area (Å²) < 4.78 is 5.62. The van der Waals surface area contributed by atoms with E-state index in [4.69, 9.17) is 10.5 Å². The number of fused-ring (bicyclic) bond motifs is 2. The molecule has 156 valence electrons. The molecule has 1 fully saturated rings. The maximum atomic E-state index is 11.1. The SMILES string of the molecule is CCCCC[C@H](O)CC[C@@H]1[C@H]2Cc3cccc(OCC(N)=O)c3C[C@H]2C[C@H]1O. The monoisotopic (exact) mass is 389 g/mol. The predicted octanol–water partition coefficient (Wildman–Crippen LogP) is 2.98. The zero-order valence-corrected chi connectivity index (χ0v) is 17.0. The van der Waals surface area contributed by atoms with Crippen LogP contribution in [0.4, 0.5) is 0 Å². The van der Waals surface area contributed by atoms with Crippen molar-refractivity contribution in [1.29, 1.82) is 0 Å². The largest absolute Gasteiger partial charge is 0.483 e. The van der Waals surface area contributed by atoms with Crippen LogP contribution in [0.15, 0.2) is 18.2 Å². The molecule has 1 aromatic rings. The minimum absolute atomic E-state index is 0.105. The first kappa shape index (κ1) is 21.1. The van der Waals surface area contributed by atoms with Crippen LogP contribution in [0.3, 0.4) is 0 Å². The summed E-state index contributed by atoms with van der Waals surface area (Å²) in [5.41, 5.74) is 7.64. The molecule has 0 aliphatic heterocycles. The second-order valence-electron chi connectivity index (χ2n) is 8.67. The molecule has 1 saturated carbocycles. The van der Waals surface area contributed by atoms with Gasteiger partial charge in [-0.3, -0.25) is 4.79 Å². The molecule has 5 heteroatoms. The molecule has 2 aliphatic carbocycles. The highest BCUT2D eigenvalue weighted by Crippen LogP contribution is 2.48. The summed E-state index contributed by atoms with van der Waals surface area (Å²) in [5, 5.41) is 21.0. The highest BCUT2D eigenvalue weighted by molar-refractivity contribution is 5.75. The summed E-state index contributed by atoms with van der Waals surface area (Å²) in [4.78, 5) is 11.1. The molecule has 28 heavy (non-hydrogen) atoms. The maximum absolute atomic E-state index is 11.1. The van der Waals surface area contributed by atoms with E-state index in [1.165, 1.54) is 18.4 Å². The first-order valence-electron chi connectivity index (χ1n) is 10.9. The molecule has 4 N–H and O–H groups in total.